The van der Waals surface area contributed by atoms with Gasteiger partial charge in [0.1, 0.15) is 12.6 Å². The third-order valence-corrected chi connectivity index (χ3v) is 7.07. The van der Waals surface area contributed by atoms with Crippen LogP contribution in [0.1, 0.15) is 41.2 Å². The predicted molar refractivity (Wildman–Crippen MR) is 119 cm³/mol. The van der Waals surface area contributed by atoms with Crippen molar-refractivity contribution in [3.8, 4) is 0 Å². The minimum atomic E-state index is -0.669. The summed E-state index contributed by atoms with van der Waals surface area (Å²) in [6.45, 7) is -0.0934. The first-order valence-corrected chi connectivity index (χ1v) is 11.3. The molecule has 33 heavy (non-hydrogen) atoms. The molecule has 3 amide bonds. The molecule has 1 aliphatic heterocycles. The minimum Gasteiger partial charge on any atom is -0.364 e. The number of primary amides is 1. The summed E-state index contributed by atoms with van der Waals surface area (Å²) in [5.74, 6) is -0.231. The summed E-state index contributed by atoms with van der Waals surface area (Å²) in [6.07, 6.45) is 4.12. The number of nitrogens with zero attached hydrogens (tertiary/aromatic N) is 4. The Labute approximate surface area is 189 Å². The first-order chi connectivity index (χ1) is 16.0. The number of pyridine rings is 1. The van der Waals surface area contributed by atoms with Crippen molar-refractivity contribution in [2.75, 3.05) is 0 Å². The van der Waals surface area contributed by atoms with E-state index in [1.165, 1.54) is 10.2 Å². The Morgan fingerprint density at radius 1 is 1.06 bits per heavy atom. The predicted octanol–water partition coefficient (Wildman–Crippen LogP) is 1.19. The highest BCUT2D eigenvalue weighted by molar-refractivity contribution is 6.03. The second kappa shape index (κ2) is 7.40. The van der Waals surface area contributed by atoms with Crippen molar-refractivity contribution in [2.24, 2.45) is 11.7 Å². The van der Waals surface area contributed by atoms with E-state index >= 15 is 0 Å². The van der Waals surface area contributed by atoms with Crippen LogP contribution < -0.4 is 11.1 Å². The Kier molecular flexibility index (Phi) is 4.46. The highest BCUT2D eigenvalue weighted by atomic mass is 16.2. The van der Waals surface area contributed by atoms with Gasteiger partial charge in [0.15, 0.2) is 11.3 Å². The maximum absolute atomic E-state index is 13.3. The van der Waals surface area contributed by atoms with Gasteiger partial charge >= 0.3 is 0 Å². The Hall–Kier alpha value is -3.75. The summed E-state index contributed by atoms with van der Waals surface area (Å²) in [6, 6.07) is 13.3. The maximum Gasteiger partial charge on any atom is 0.269 e. The number of nitrogens with two attached hydrogens (primary N) is 1. The summed E-state index contributed by atoms with van der Waals surface area (Å²) in [7, 11) is 0. The van der Waals surface area contributed by atoms with Crippen molar-refractivity contribution in [3.63, 3.8) is 0 Å². The van der Waals surface area contributed by atoms with E-state index in [4.69, 9.17) is 5.73 Å². The number of amides is 3. The molecule has 9 heteroatoms. The Balaban J connectivity index is 1.18. The van der Waals surface area contributed by atoms with E-state index in [0.717, 1.165) is 12.8 Å². The van der Waals surface area contributed by atoms with Gasteiger partial charge in [-0.15, -0.1) is 0 Å². The van der Waals surface area contributed by atoms with Crippen LogP contribution in [0.25, 0.3) is 11.0 Å². The normalized spacial score (nSPS) is 27.3. The fraction of sp³-hybridized carbons (Fsp3) is 0.375. The molecule has 6 rings (SSSR count). The Morgan fingerprint density at radius 2 is 1.88 bits per heavy atom. The van der Waals surface area contributed by atoms with Gasteiger partial charge in [0.05, 0.1) is 5.39 Å². The molecule has 0 spiro atoms. The largest absolute Gasteiger partial charge is 0.364 e. The average Bonchev–Trinajstić information content (AvgIpc) is 3.70. The topological polar surface area (TPSA) is 123 Å². The van der Waals surface area contributed by atoms with E-state index in [0.29, 0.717) is 29.3 Å². The highest BCUT2D eigenvalue weighted by Gasteiger charge is 2.56. The van der Waals surface area contributed by atoms with Gasteiger partial charge in [-0.25, -0.2) is 9.67 Å². The number of hydrogen-bond donors (Lipinski definition) is 2. The standard InChI is InChI=1S/C24H24N6O3/c25-22(32)21-15-7-4-8-26-23(15)29(28-21)12-20(31)30-18-9-14(18)10-19(30)24(33)27-17-11-16(17)13-5-2-1-3-6-13/h1-8,14,16-19H,9-12H2,(H2,25,32)(H,27,33)/t14-,16?,17?,18-,19+/m1/s1. The van der Waals surface area contributed by atoms with E-state index in [1.54, 1.807) is 23.2 Å². The van der Waals surface area contributed by atoms with Crippen molar-refractivity contribution in [3.05, 3.63) is 59.9 Å². The summed E-state index contributed by atoms with van der Waals surface area (Å²) >= 11 is 0. The van der Waals surface area contributed by atoms with Crippen LogP contribution in [0.2, 0.25) is 0 Å². The summed E-state index contributed by atoms with van der Waals surface area (Å²) in [5.41, 5.74) is 7.20. The lowest BCUT2D eigenvalue weighted by atomic mass is 10.1. The zero-order chi connectivity index (χ0) is 22.7. The molecule has 2 aliphatic carbocycles. The maximum atomic E-state index is 13.3. The second-order valence-electron chi connectivity index (χ2n) is 9.23. The smallest absolute Gasteiger partial charge is 0.269 e. The van der Waals surface area contributed by atoms with Crippen LogP contribution in [0.3, 0.4) is 0 Å². The van der Waals surface area contributed by atoms with Crippen LogP contribution in [0.5, 0.6) is 0 Å². The lowest BCUT2D eigenvalue weighted by Crippen LogP contribution is -2.49. The molecule has 2 aromatic heterocycles. The lowest BCUT2D eigenvalue weighted by Gasteiger charge is -2.27. The van der Waals surface area contributed by atoms with Crippen molar-refractivity contribution in [2.45, 2.75) is 49.9 Å². The number of carbonyl (C=O) groups excluding carboxylic acids is 3. The van der Waals surface area contributed by atoms with Gasteiger partial charge in [0.2, 0.25) is 11.8 Å². The minimum absolute atomic E-state index is 0.0831. The first-order valence-electron chi connectivity index (χ1n) is 11.3. The van der Waals surface area contributed by atoms with Crippen molar-refractivity contribution in [1.29, 1.82) is 0 Å². The van der Waals surface area contributed by atoms with Gasteiger partial charge in [-0.2, -0.15) is 5.10 Å². The number of carbonyl (C=O) groups is 3. The van der Waals surface area contributed by atoms with Crippen LogP contribution in [0, 0.1) is 5.92 Å². The summed E-state index contributed by atoms with van der Waals surface area (Å²) in [5, 5.41) is 7.91. The highest BCUT2D eigenvalue weighted by Crippen LogP contribution is 2.48. The fourth-order valence-electron chi connectivity index (χ4n) is 5.26. The summed E-state index contributed by atoms with van der Waals surface area (Å²) in [4.78, 5) is 44.2. The van der Waals surface area contributed by atoms with E-state index in [9.17, 15) is 14.4 Å². The van der Waals surface area contributed by atoms with E-state index < -0.39 is 11.9 Å². The molecule has 1 saturated heterocycles. The van der Waals surface area contributed by atoms with Gasteiger partial charge in [-0.1, -0.05) is 30.3 Å². The second-order valence-corrected chi connectivity index (χ2v) is 9.23. The average molecular weight is 444 g/mol. The number of rotatable bonds is 6. The molecule has 2 saturated carbocycles. The van der Waals surface area contributed by atoms with E-state index in [2.05, 4.69) is 27.5 Å². The Bertz CT molecular complexity index is 1270. The van der Waals surface area contributed by atoms with Crippen LogP contribution in [0.15, 0.2) is 48.7 Å². The van der Waals surface area contributed by atoms with Gasteiger partial charge in [-0.05, 0) is 42.9 Å². The number of benzene rings is 1. The van der Waals surface area contributed by atoms with Crippen LogP contribution >= 0.6 is 0 Å². The first kappa shape index (κ1) is 19.9. The molecule has 3 heterocycles. The van der Waals surface area contributed by atoms with Crippen molar-refractivity contribution in [1.82, 2.24) is 25.0 Å². The molecule has 9 nitrogen and oxygen atoms in total. The van der Waals surface area contributed by atoms with Crippen LogP contribution in [-0.2, 0) is 16.1 Å². The van der Waals surface area contributed by atoms with Crippen molar-refractivity contribution < 1.29 is 14.4 Å². The molecule has 168 valence electrons. The molecule has 2 unspecified atom stereocenters. The molecule has 3 fully saturated rings. The third-order valence-electron chi connectivity index (χ3n) is 7.07. The molecular formula is C24H24N6O3. The number of nitrogens with one attached hydrogen (secondary N) is 1. The fourth-order valence-corrected chi connectivity index (χ4v) is 5.26. The quantitative estimate of drug-likeness (QED) is 0.591. The van der Waals surface area contributed by atoms with Gasteiger partial charge < -0.3 is 16.0 Å². The van der Waals surface area contributed by atoms with Crippen LogP contribution in [-0.4, -0.2) is 55.5 Å². The van der Waals surface area contributed by atoms with Gasteiger partial charge in [0, 0.05) is 24.2 Å². The Morgan fingerprint density at radius 3 is 2.67 bits per heavy atom. The zero-order valence-electron chi connectivity index (χ0n) is 17.9. The van der Waals surface area contributed by atoms with E-state index in [1.807, 2.05) is 18.2 Å². The van der Waals surface area contributed by atoms with E-state index in [-0.39, 0.29) is 36.1 Å². The number of likely N-dealkylation sites (tertiary alicyclic amines) is 1. The molecule has 1 aromatic carbocycles. The number of fused-ring (bicyclic) bond motifs is 2. The van der Waals surface area contributed by atoms with Crippen LogP contribution in [0.4, 0.5) is 0 Å². The zero-order valence-corrected chi connectivity index (χ0v) is 17.9. The van der Waals surface area contributed by atoms with Gasteiger partial charge in [-0.3, -0.25) is 14.4 Å². The molecule has 3 aliphatic rings. The van der Waals surface area contributed by atoms with Crippen molar-refractivity contribution >= 4 is 28.8 Å². The monoisotopic (exact) mass is 444 g/mol. The molecule has 0 bridgehead atoms. The molecule has 3 N–H and O–H groups in total. The molecular weight excluding hydrogens is 420 g/mol. The van der Waals surface area contributed by atoms with Gasteiger partial charge in [0.25, 0.3) is 5.91 Å². The molecule has 3 aromatic rings. The third kappa shape index (κ3) is 3.44. The lowest BCUT2D eigenvalue weighted by molar-refractivity contribution is -0.140. The summed E-state index contributed by atoms with van der Waals surface area (Å²) < 4.78 is 1.41. The SMILES string of the molecule is NC(=O)c1nn(CC(=O)N2[C@@H]3C[C@@H]3C[C@H]2C(=O)NC2CC2c2ccccc2)c2ncccc12. The molecule has 5 atom stereocenters. The number of hydrogen-bond acceptors (Lipinski definition) is 5. The number of piperidine rings is 1. The molecule has 0 radical (unpaired) electrons. The number of aromatic nitrogens is 3.